The minimum Gasteiger partial charge on any atom is -0.370 e. The summed E-state index contributed by atoms with van der Waals surface area (Å²) >= 11 is 1.72. The molecule has 4 nitrogen and oxygen atoms in total. The first-order valence-corrected chi connectivity index (χ1v) is 8.00. The first-order chi connectivity index (χ1) is 10.1. The summed E-state index contributed by atoms with van der Waals surface area (Å²) in [7, 11) is 1.84. The number of rotatable bonds is 6. The van der Waals surface area contributed by atoms with Crippen LogP contribution in [-0.4, -0.2) is 35.4 Å². The molecule has 0 spiro atoms. The van der Waals surface area contributed by atoms with Gasteiger partial charge in [0.05, 0.1) is 0 Å². The largest absolute Gasteiger partial charge is 0.370 e. The first-order valence-electron chi connectivity index (χ1n) is 7.12. The third-order valence-corrected chi connectivity index (χ3v) is 4.28. The Balaban J connectivity index is 2.05. The molecule has 0 saturated carbocycles. The second-order valence-corrected chi connectivity index (χ2v) is 6.02. The standard InChI is InChI=1S/C16H21N3OS/c1-4-17-15-9-5-8-14(18-15)16(20)19(3)12(2)11-13-7-6-10-21-13/h5-10,12H,4,11H2,1-3H3,(H,17,18). The van der Waals surface area contributed by atoms with Crippen LogP contribution in [0.5, 0.6) is 0 Å². The number of nitrogens with one attached hydrogen (secondary N) is 1. The molecule has 0 aliphatic rings. The van der Waals surface area contributed by atoms with Gasteiger partial charge in [0.1, 0.15) is 11.5 Å². The number of hydrogen-bond donors (Lipinski definition) is 1. The van der Waals surface area contributed by atoms with Crippen molar-refractivity contribution in [2.24, 2.45) is 0 Å². The number of anilines is 1. The lowest BCUT2D eigenvalue weighted by Crippen LogP contribution is -2.36. The van der Waals surface area contributed by atoms with Gasteiger partial charge in [-0.25, -0.2) is 4.98 Å². The van der Waals surface area contributed by atoms with Crippen LogP contribution in [0.2, 0.25) is 0 Å². The van der Waals surface area contributed by atoms with Gasteiger partial charge in [0.15, 0.2) is 0 Å². The van der Waals surface area contributed by atoms with Gasteiger partial charge >= 0.3 is 0 Å². The lowest BCUT2D eigenvalue weighted by atomic mass is 10.1. The summed E-state index contributed by atoms with van der Waals surface area (Å²) < 4.78 is 0. The number of likely N-dealkylation sites (N-methyl/N-ethyl adjacent to an activating group) is 1. The fourth-order valence-corrected chi connectivity index (χ4v) is 2.90. The van der Waals surface area contributed by atoms with Gasteiger partial charge < -0.3 is 10.2 Å². The van der Waals surface area contributed by atoms with Gasteiger partial charge in [-0.1, -0.05) is 12.1 Å². The highest BCUT2D eigenvalue weighted by atomic mass is 32.1. The third-order valence-electron chi connectivity index (χ3n) is 3.38. The van der Waals surface area contributed by atoms with Crippen LogP contribution in [-0.2, 0) is 6.42 Å². The first kappa shape index (κ1) is 15.5. The lowest BCUT2D eigenvalue weighted by Gasteiger charge is -2.24. The third kappa shape index (κ3) is 4.04. The van der Waals surface area contributed by atoms with E-state index < -0.39 is 0 Å². The van der Waals surface area contributed by atoms with Crippen LogP contribution in [0, 0.1) is 0 Å². The zero-order chi connectivity index (χ0) is 15.2. The molecule has 2 rings (SSSR count). The molecular formula is C16H21N3OS. The van der Waals surface area contributed by atoms with Crippen molar-refractivity contribution in [1.29, 1.82) is 0 Å². The molecule has 1 unspecified atom stereocenters. The molecule has 0 fully saturated rings. The van der Waals surface area contributed by atoms with Gasteiger partial charge in [0.25, 0.3) is 5.91 Å². The predicted molar refractivity (Wildman–Crippen MR) is 88.0 cm³/mol. The number of thiophene rings is 1. The topological polar surface area (TPSA) is 45.2 Å². The summed E-state index contributed by atoms with van der Waals surface area (Å²) in [6.07, 6.45) is 0.868. The number of hydrogen-bond acceptors (Lipinski definition) is 4. The van der Waals surface area contributed by atoms with E-state index in [-0.39, 0.29) is 11.9 Å². The molecule has 112 valence electrons. The van der Waals surface area contributed by atoms with E-state index in [1.165, 1.54) is 4.88 Å². The summed E-state index contributed by atoms with van der Waals surface area (Å²) in [4.78, 5) is 19.9. The fraction of sp³-hybridized carbons (Fsp3) is 0.375. The maximum atomic E-state index is 12.5. The van der Waals surface area contributed by atoms with Crippen LogP contribution in [0.25, 0.3) is 0 Å². The smallest absolute Gasteiger partial charge is 0.272 e. The maximum absolute atomic E-state index is 12.5. The van der Waals surface area contributed by atoms with Crippen molar-refractivity contribution >= 4 is 23.1 Å². The highest BCUT2D eigenvalue weighted by Crippen LogP contribution is 2.15. The second kappa shape index (κ2) is 7.22. The van der Waals surface area contributed by atoms with Crippen LogP contribution >= 0.6 is 11.3 Å². The van der Waals surface area contributed by atoms with E-state index >= 15 is 0 Å². The van der Waals surface area contributed by atoms with E-state index in [1.54, 1.807) is 22.3 Å². The quantitative estimate of drug-likeness (QED) is 0.891. The number of aromatic nitrogens is 1. The molecule has 2 heterocycles. The Labute approximate surface area is 129 Å². The molecule has 0 radical (unpaired) electrons. The number of pyridine rings is 1. The molecule has 5 heteroatoms. The summed E-state index contributed by atoms with van der Waals surface area (Å²) in [5.41, 5.74) is 0.481. The summed E-state index contributed by atoms with van der Waals surface area (Å²) in [6, 6.07) is 9.77. The highest BCUT2D eigenvalue weighted by Gasteiger charge is 2.19. The molecule has 2 aromatic rings. The van der Waals surface area contributed by atoms with Gasteiger partial charge in [0.2, 0.25) is 0 Å². The zero-order valence-electron chi connectivity index (χ0n) is 12.7. The van der Waals surface area contributed by atoms with Crippen molar-refractivity contribution in [3.05, 3.63) is 46.3 Å². The van der Waals surface area contributed by atoms with Crippen molar-refractivity contribution in [1.82, 2.24) is 9.88 Å². The molecule has 1 amide bonds. The zero-order valence-corrected chi connectivity index (χ0v) is 13.5. The molecule has 21 heavy (non-hydrogen) atoms. The Morgan fingerprint density at radius 1 is 1.38 bits per heavy atom. The van der Waals surface area contributed by atoms with Gasteiger partial charge in [-0.3, -0.25) is 4.79 Å². The van der Waals surface area contributed by atoms with Crippen molar-refractivity contribution in [2.45, 2.75) is 26.3 Å². The van der Waals surface area contributed by atoms with E-state index in [2.05, 4.69) is 28.7 Å². The lowest BCUT2D eigenvalue weighted by molar-refractivity contribution is 0.0738. The summed E-state index contributed by atoms with van der Waals surface area (Å²) in [6.45, 7) is 4.85. The van der Waals surface area contributed by atoms with E-state index in [9.17, 15) is 4.79 Å². The van der Waals surface area contributed by atoms with Crippen LogP contribution in [0.3, 0.4) is 0 Å². The van der Waals surface area contributed by atoms with Crippen molar-refractivity contribution < 1.29 is 4.79 Å². The molecular weight excluding hydrogens is 282 g/mol. The van der Waals surface area contributed by atoms with Crippen molar-refractivity contribution in [3.8, 4) is 0 Å². The Bertz CT molecular complexity index is 583. The SMILES string of the molecule is CCNc1cccc(C(=O)N(C)C(C)Cc2cccs2)n1. The van der Waals surface area contributed by atoms with Crippen molar-refractivity contribution in [3.63, 3.8) is 0 Å². The molecule has 1 atom stereocenters. The molecule has 0 aliphatic heterocycles. The molecule has 0 aliphatic carbocycles. The minimum atomic E-state index is -0.0428. The van der Waals surface area contributed by atoms with Gasteiger partial charge in [-0.2, -0.15) is 0 Å². The maximum Gasteiger partial charge on any atom is 0.272 e. The minimum absolute atomic E-state index is 0.0428. The molecule has 0 bridgehead atoms. The summed E-state index contributed by atoms with van der Waals surface area (Å²) in [5.74, 6) is 0.696. The van der Waals surface area contributed by atoms with Crippen LogP contribution < -0.4 is 5.32 Å². The van der Waals surface area contributed by atoms with Crippen LogP contribution in [0.4, 0.5) is 5.82 Å². The van der Waals surface area contributed by atoms with Gasteiger partial charge in [0, 0.05) is 30.9 Å². The Morgan fingerprint density at radius 3 is 2.86 bits per heavy atom. The molecule has 2 aromatic heterocycles. The van der Waals surface area contributed by atoms with E-state index in [4.69, 9.17) is 0 Å². The van der Waals surface area contributed by atoms with E-state index in [0.29, 0.717) is 5.69 Å². The van der Waals surface area contributed by atoms with Gasteiger partial charge in [-0.05, 0) is 37.4 Å². The number of amides is 1. The molecule has 0 aromatic carbocycles. The fourth-order valence-electron chi connectivity index (χ4n) is 2.07. The number of carbonyl (C=O) groups is 1. The average Bonchev–Trinajstić information content (AvgIpc) is 2.99. The van der Waals surface area contributed by atoms with E-state index in [0.717, 1.165) is 18.8 Å². The van der Waals surface area contributed by atoms with Crippen molar-refractivity contribution in [2.75, 3.05) is 18.9 Å². The highest BCUT2D eigenvalue weighted by molar-refractivity contribution is 7.09. The second-order valence-electron chi connectivity index (χ2n) is 4.99. The summed E-state index contributed by atoms with van der Waals surface area (Å²) in [5, 5.41) is 5.19. The molecule has 1 N–H and O–H groups in total. The van der Waals surface area contributed by atoms with Crippen LogP contribution in [0.1, 0.15) is 29.2 Å². The van der Waals surface area contributed by atoms with Crippen LogP contribution in [0.15, 0.2) is 35.7 Å². The molecule has 0 saturated heterocycles. The Morgan fingerprint density at radius 2 is 2.19 bits per heavy atom. The Kier molecular flexibility index (Phi) is 5.33. The average molecular weight is 303 g/mol. The predicted octanol–water partition coefficient (Wildman–Crippen LogP) is 3.28. The number of carbonyl (C=O) groups excluding carboxylic acids is 1. The normalized spacial score (nSPS) is 12.0. The van der Waals surface area contributed by atoms with Gasteiger partial charge in [-0.15, -0.1) is 11.3 Å². The number of nitrogens with zero attached hydrogens (tertiary/aromatic N) is 2. The van der Waals surface area contributed by atoms with E-state index in [1.807, 2.05) is 32.2 Å². The Hall–Kier alpha value is -1.88. The monoisotopic (exact) mass is 303 g/mol.